The lowest BCUT2D eigenvalue weighted by Crippen LogP contribution is -2.46. The average molecular weight is 562 g/mol. The minimum Gasteiger partial charge on any atom is -0.454 e. The van der Waals surface area contributed by atoms with E-state index in [-0.39, 0.29) is 12.4 Å². The van der Waals surface area contributed by atoms with E-state index in [0.717, 1.165) is 61.9 Å². The lowest BCUT2D eigenvalue weighted by atomic mass is 10.1. The second-order valence-corrected chi connectivity index (χ2v) is 9.81. The van der Waals surface area contributed by atoms with E-state index in [9.17, 15) is 18.0 Å². The van der Waals surface area contributed by atoms with Crippen molar-refractivity contribution in [1.29, 1.82) is 0 Å². The number of nitrogens with zero attached hydrogens (tertiary/aromatic N) is 4. The van der Waals surface area contributed by atoms with Crippen LogP contribution in [-0.4, -0.2) is 53.7 Å². The molecule has 2 aliphatic rings. The van der Waals surface area contributed by atoms with Gasteiger partial charge in [0.05, 0.1) is 11.3 Å². The van der Waals surface area contributed by atoms with Crippen LogP contribution in [0.5, 0.6) is 11.5 Å². The summed E-state index contributed by atoms with van der Waals surface area (Å²) in [4.78, 5) is 26.4. The molecule has 0 saturated carbocycles. The minimum atomic E-state index is -4.53. The number of rotatable bonds is 6. The molecule has 210 valence electrons. The summed E-state index contributed by atoms with van der Waals surface area (Å²) in [5.41, 5.74) is 2.08. The third-order valence-corrected chi connectivity index (χ3v) is 7.01. The molecular weight excluding hydrogens is 535 g/mol. The SMILES string of the molecule is O=C(Nc1cccc(-c2ccnc(N3CCN(Cc4ccc5c(c4)OCO5)CC3)n2)c1)c1cccc(C(F)(F)F)c1. The van der Waals surface area contributed by atoms with Crippen molar-refractivity contribution in [3.8, 4) is 22.8 Å². The maximum Gasteiger partial charge on any atom is 0.416 e. The number of hydrogen-bond donors (Lipinski definition) is 1. The zero-order valence-electron chi connectivity index (χ0n) is 21.9. The number of halogens is 3. The number of carbonyl (C=O) groups is 1. The van der Waals surface area contributed by atoms with Gasteiger partial charge in [-0.15, -0.1) is 0 Å². The maximum atomic E-state index is 13.1. The van der Waals surface area contributed by atoms with Crippen molar-refractivity contribution in [2.45, 2.75) is 12.7 Å². The summed E-state index contributed by atoms with van der Waals surface area (Å²) in [5, 5.41) is 2.68. The summed E-state index contributed by atoms with van der Waals surface area (Å²) < 4.78 is 50.1. The van der Waals surface area contributed by atoms with Gasteiger partial charge in [0.1, 0.15) is 0 Å². The molecule has 3 heterocycles. The molecule has 6 rings (SSSR count). The molecule has 0 aliphatic carbocycles. The smallest absolute Gasteiger partial charge is 0.416 e. The summed E-state index contributed by atoms with van der Waals surface area (Å²) >= 11 is 0. The standard InChI is InChI=1S/C30H26F3N5O3/c31-30(32,33)23-5-1-4-22(16-23)28(39)35-24-6-2-3-21(17-24)25-9-10-34-29(36-25)38-13-11-37(12-14-38)18-20-7-8-26-27(15-20)41-19-40-26/h1-10,15-17H,11-14,18-19H2,(H,35,39). The molecule has 41 heavy (non-hydrogen) atoms. The first-order valence-corrected chi connectivity index (χ1v) is 13.1. The molecule has 1 fully saturated rings. The van der Waals surface area contributed by atoms with E-state index in [1.165, 1.54) is 17.7 Å². The number of fused-ring (bicyclic) bond motifs is 1. The first-order chi connectivity index (χ1) is 19.8. The molecule has 1 amide bonds. The second-order valence-electron chi connectivity index (χ2n) is 9.81. The molecule has 0 bridgehead atoms. The van der Waals surface area contributed by atoms with E-state index in [1.807, 2.05) is 18.2 Å². The molecule has 8 nitrogen and oxygen atoms in total. The Labute approximate surface area is 234 Å². The normalized spacial score (nSPS) is 15.1. The molecule has 11 heteroatoms. The topological polar surface area (TPSA) is 79.8 Å². The Bertz CT molecular complexity index is 1570. The molecule has 3 aromatic carbocycles. The Kier molecular flexibility index (Phi) is 7.19. The number of ether oxygens (including phenoxy) is 2. The van der Waals surface area contributed by atoms with Gasteiger partial charge in [-0.3, -0.25) is 9.69 Å². The van der Waals surface area contributed by atoms with Crippen LogP contribution in [0.1, 0.15) is 21.5 Å². The van der Waals surface area contributed by atoms with Gasteiger partial charge in [0.15, 0.2) is 11.5 Å². The van der Waals surface area contributed by atoms with Crippen LogP contribution in [-0.2, 0) is 12.7 Å². The van der Waals surface area contributed by atoms with Gasteiger partial charge in [-0.1, -0.05) is 24.3 Å². The molecule has 0 unspecified atom stereocenters. The molecule has 0 spiro atoms. The Hall–Kier alpha value is -4.64. The number of alkyl halides is 3. The lowest BCUT2D eigenvalue weighted by molar-refractivity contribution is -0.137. The van der Waals surface area contributed by atoms with Gasteiger partial charge >= 0.3 is 6.18 Å². The van der Waals surface area contributed by atoms with Crippen LogP contribution in [0, 0.1) is 0 Å². The van der Waals surface area contributed by atoms with Crippen LogP contribution in [0.2, 0.25) is 0 Å². The second kappa shape index (κ2) is 11.1. The van der Waals surface area contributed by atoms with Gasteiger partial charge in [0.25, 0.3) is 5.91 Å². The van der Waals surface area contributed by atoms with Crippen LogP contribution in [0.3, 0.4) is 0 Å². The molecule has 1 saturated heterocycles. The fraction of sp³-hybridized carbons (Fsp3) is 0.233. The number of nitrogens with one attached hydrogen (secondary N) is 1. The number of benzene rings is 3. The van der Waals surface area contributed by atoms with Crippen molar-refractivity contribution < 1.29 is 27.4 Å². The zero-order valence-corrected chi connectivity index (χ0v) is 21.9. The van der Waals surface area contributed by atoms with Crippen molar-refractivity contribution in [2.24, 2.45) is 0 Å². The van der Waals surface area contributed by atoms with E-state index < -0.39 is 17.6 Å². The van der Waals surface area contributed by atoms with Gasteiger partial charge in [-0.05, 0) is 54.1 Å². The summed E-state index contributed by atoms with van der Waals surface area (Å²) in [7, 11) is 0. The molecular formula is C30H26F3N5O3. The summed E-state index contributed by atoms with van der Waals surface area (Å²) in [6.07, 6.45) is -2.83. The van der Waals surface area contributed by atoms with Crippen LogP contribution in [0.4, 0.5) is 24.8 Å². The van der Waals surface area contributed by atoms with E-state index in [2.05, 4.69) is 26.2 Å². The highest BCUT2D eigenvalue weighted by Gasteiger charge is 2.31. The molecule has 0 radical (unpaired) electrons. The van der Waals surface area contributed by atoms with Gasteiger partial charge in [-0.25, -0.2) is 9.97 Å². The van der Waals surface area contributed by atoms with E-state index in [4.69, 9.17) is 14.5 Å². The first kappa shape index (κ1) is 26.6. The van der Waals surface area contributed by atoms with E-state index in [0.29, 0.717) is 17.3 Å². The van der Waals surface area contributed by atoms with Crippen LogP contribution < -0.4 is 19.7 Å². The average Bonchev–Trinajstić information content (AvgIpc) is 3.45. The van der Waals surface area contributed by atoms with Crippen molar-refractivity contribution in [3.05, 3.63) is 95.7 Å². The predicted octanol–water partition coefficient (Wildman–Crippen LogP) is 5.47. The molecule has 1 aromatic heterocycles. The van der Waals surface area contributed by atoms with Crippen LogP contribution in [0.25, 0.3) is 11.3 Å². The van der Waals surface area contributed by atoms with Crippen molar-refractivity contribution >= 4 is 17.5 Å². The summed E-state index contributed by atoms with van der Waals surface area (Å²) in [6.45, 7) is 4.29. The monoisotopic (exact) mass is 561 g/mol. The quantitative estimate of drug-likeness (QED) is 0.335. The number of anilines is 2. The summed E-state index contributed by atoms with van der Waals surface area (Å²) in [5.74, 6) is 1.55. The third-order valence-electron chi connectivity index (χ3n) is 7.01. The number of amides is 1. The highest BCUT2D eigenvalue weighted by molar-refractivity contribution is 6.04. The van der Waals surface area contributed by atoms with Crippen LogP contribution >= 0.6 is 0 Å². The fourth-order valence-corrected chi connectivity index (χ4v) is 4.86. The lowest BCUT2D eigenvalue weighted by Gasteiger charge is -2.34. The van der Waals surface area contributed by atoms with Crippen LogP contribution in [0.15, 0.2) is 79.0 Å². The minimum absolute atomic E-state index is 0.0767. The van der Waals surface area contributed by atoms with Crippen molar-refractivity contribution in [3.63, 3.8) is 0 Å². The summed E-state index contributed by atoms with van der Waals surface area (Å²) in [6, 6.07) is 19.2. The molecule has 1 N–H and O–H groups in total. The van der Waals surface area contributed by atoms with E-state index in [1.54, 1.807) is 30.5 Å². The van der Waals surface area contributed by atoms with Gasteiger partial charge < -0.3 is 19.7 Å². The zero-order chi connectivity index (χ0) is 28.4. The van der Waals surface area contributed by atoms with Crippen molar-refractivity contribution in [1.82, 2.24) is 14.9 Å². The number of hydrogen-bond acceptors (Lipinski definition) is 7. The molecule has 0 atom stereocenters. The van der Waals surface area contributed by atoms with E-state index >= 15 is 0 Å². The third kappa shape index (κ3) is 6.09. The fourth-order valence-electron chi connectivity index (χ4n) is 4.86. The maximum absolute atomic E-state index is 13.1. The Morgan fingerprint density at radius 2 is 1.71 bits per heavy atom. The molecule has 2 aliphatic heterocycles. The number of aromatic nitrogens is 2. The largest absolute Gasteiger partial charge is 0.454 e. The number of carbonyl (C=O) groups excluding carboxylic acids is 1. The molecule has 4 aromatic rings. The Morgan fingerprint density at radius 1 is 0.902 bits per heavy atom. The highest BCUT2D eigenvalue weighted by atomic mass is 19.4. The Morgan fingerprint density at radius 3 is 2.54 bits per heavy atom. The van der Waals surface area contributed by atoms with Gasteiger partial charge in [-0.2, -0.15) is 13.2 Å². The Balaban J connectivity index is 1.10. The highest BCUT2D eigenvalue weighted by Crippen LogP contribution is 2.33. The van der Waals surface area contributed by atoms with Gasteiger partial charge in [0, 0.05) is 55.7 Å². The number of piperazine rings is 1. The van der Waals surface area contributed by atoms with Crippen molar-refractivity contribution in [2.75, 3.05) is 43.2 Å². The first-order valence-electron chi connectivity index (χ1n) is 13.1. The predicted molar refractivity (Wildman–Crippen MR) is 147 cm³/mol. The van der Waals surface area contributed by atoms with Gasteiger partial charge in [0.2, 0.25) is 12.7 Å².